The van der Waals surface area contributed by atoms with Crippen LogP contribution in [0, 0.1) is 5.92 Å². The highest BCUT2D eigenvalue weighted by molar-refractivity contribution is 5.90. The molecule has 3 fully saturated rings. The van der Waals surface area contributed by atoms with Crippen LogP contribution < -0.4 is 0 Å². The Balaban J connectivity index is 1.72. The Morgan fingerprint density at radius 2 is 2.10 bits per heavy atom. The van der Waals surface area contributed by atoms with Gasteiger partial charge in [-0.3, -0.25) is 19.2 Å². The molecule has 0 radical (unpaired) electrons. The molecule has 0 aromatic carbocycles. The van der Waals surface area contributed by atoms with Crippen LogP contribution in [0.2, 0.25) is 0 Å². The van der Waals surface area contributed by atoms with Crippen molar-refractivity contribution in [3.05, 3.63) is 12.2 Å². The van der Waals surface area contributed by atoms with E-state index in [0.29, 0.717) is 12.3 Å². The van der Waals surface area contributed by atoms with Crippen LogP contribution in [0.3, 0.4) is 0 Å². The van der Waals surface area contributed by atoms with Gasteiger partial charge >= 0.3 is 0 Å². The summed E-state index contributed by atoms with van der Waals surface area (Å²) in [5.74, 6) is 0.494. The molecular weight excluding hydrogens is 258 g/mol. The third-order valence-electron chi connectivity index (χ3n) is 4.20. The molecule has 7 heteroatoms. The molecule has 108 valence electrons. The minimum absolute atomic E-state index is 0.105. The van der Waals surface area contributed by atoms with Crippen molar-refractivity contribution in [3.8, 4) is 0 Å². The maximum Gasteiger partial charge on any atom is 0.293 e. The topological polar surface area (TPSA) is 71.3 Å². The number of hydrogen-bond donors (Lipinski definition) is 0. The van der Waals surface area contributed by atoms with Gasteiger partial charge in [0.05, 0.1) is 12.6 Å². The van der Waals surface area contributed by atoms with Crippen LogP contribution in [-0.2, 0) is 11.3 Å². The summed E-state index contributed by atoms with van der Waals surface area (Å²) in [6, 6.07) is -0.105. The van der Waals surface area contributed by atoms with Gasteiger partial charge in [0, 0.05) is 20.0 Å². The quantitative estimate of drug-likeness (QED) is 0.755. The average Bonchev–Trinajstić information content (AvgIpc) is 2.91. The summed E-state index contributed by atoms with van der Waals surface area (Å²) in [6.45, 7) is 2.46. The molecule has 1 amide bonds. The fourth-order valence-electron chi connectivity index (χ4n) is 3.01. The minimum Gasteiger partial charge on any atom is -0.342 e. The van der Waals surface area contributed by atoms with Gasteiger partial charge in [0.15, 0.2) is 5.78 Å². The van der Waals surface area contributed by atoms with Crippen molar-refractivity contribution in [2.24, 2.45) is 5.92 Å². The van der Waals surface area contributed by atoms with Gasteiger partial charge in [-0.05, 0) is 25.9 Å². The zero-order chi connectivity index (χ0) is 14.3. The molecule has 7 nitrogen and oxygen atoms in total. The summed E-state index contributed by atoms with van der Waals surface area (Å²) in [7, 11) is 3.33. The van der Waals surface area contributed by atoms with E-state index in [4.69, 9.17) is 0 Å². The molecule has 3 saturated heterocycles. The predicted molar refractivity (Wildman–Crippen MR) is 71.1 cm³/mol. The Morgan fingerprint density at radius 3 is 2.70 bits per heavy atom. The van der Waals surface area contributed by atoms with Crippen LogP contribution in [0.4, 0.5) is 0 Å². The number of carbonyl (C=O) groups is 2. The summed E-state index contributed by atoms with van der Waals surface area (Å²) >= 11 is 0. The first-order chi connectivity index (χ1) is 9.56. The molecule has 0 saturated carbocycles. The molecule has 20 heavy (non-hydrogen) atoms. The number of piperidine rings is 3. The van der Waals surface area contributed by atoms with E-state index in [-0.39, 0.29) is 23.7 Å². The lowest BCUT2D eigenvalue weighted by Gasteiger charge is -2.43. The number of amides is 1. The molecule has 1 unspecified atom stereocenters. The highest BCUT2D eigenvalue weighted by Crippen LogP contribution is 2.29. The molecular formula is C13H19N5O2. The first-order valence-corrected chi connectivity index (χ1v) is 6.95. The van der Waals surface area contributed by atoms with Gasteiger partial charge in [-0.15, -0.1) is 5.10 Å². The summed E-state index contributed by atoms with van der Waals surface area (Å²) in [5.41, 5.74) is 0. The Bertz CT molecular complexity index is 531. The lowest BCUT2D eigenvalue weighted by molar-refractivity contribution is -0.137. The largest absolute Gasteiger partial charge is 0.342 e. The van der Waals surface area contributed by atoms with E-state index in [0.717, 1.165) is 25.9 Å². The van der Waals surface area contributed by atoms with Crippen LogP contribution in [-0.4, -0.2) is 69.5 Å². The average molecular weight is 277 g/mol. The molecule has 1 aromatic rings. The number of rotatable bonds is 3. The van der Waals surface area contributed by atoms with Gasteiger partial charge < -0.3 is 4.90 Å². The molecule has 1 aromatic heterocycles. The monoisotopic (exact) mass is 277 g/mol. The van der Waals surface area contributed by atoms with Crippen molar-refractivity contribution in [2.45, 2.75) is 25.4 Å². The maximum absolute atomic E-state index is 12.3. The third-order valence-corrected chi connectivity index (χ3v) is 4.20. The standard InChI is InChI=1S/C13H19N5O2/c1-16(2)13(20)12-14-8-18(15-12)7-10-11(19)9-3-5-17(10)6-4-9/h8-10H,3-7H2,1-2H3. The van der Waals surface area contributed by atoms with Gasteiger partial charge in [0.1, 0.15) is 6.33 Å². The van der Waals surface area contributed by atoms with Crippen molar-refractivity contribution in [3.63, 3.8) is 0 Å². The van der Waals surface area contributed by atoms with Gasteiger partial charge in [0.2, 0.25) is 5.82 Å². The lowest BCUT2D eigenvalue weighted by atomic mass is 9.82. The van der Waals surface area contributed by atoms with Crippen LogP contribution in [0.25, 0.3) is 0 Å². The predicted octanol–water partition coefficient (Wildman–Crippen LogP) is -0.357. The number of aromatic nitrogens is 3. The number of Topliss-reactive ketones (excluding diaryl/α,β-unsaturated/α-hetero) is 1. The van der Waals surface area contributed by atoms with E-state index in [1.807, 2.05) is 0 Å². The molecule has 1 atom stereocenters. The van der Waals surface area contributed by atoms with E-state index in [2.05, 4.69) is 15.0 Å². The van der Waals surface area contributed by atoms with Crippen molar-refractivity contribution in [1.82, 2.24) is 24.6 Å². The van der Waals surface area contributed by atoms with Crippen molar-refractivity contribution >= 4 is 11.7 Å². The van der Waals surface area contributed by atoms with Crippen LogP contribution in [0.1, 0.15) is 23.5 Å². The first-order valence-electron chi connectivity index (χ1n) is 6.95. The van der Waals surface area contributed by atoms with Crippen molar-refractivity contribution in [2.75, 3.05) is 27.2 Å². The van der Waals surface area contributed by atoms with E-state index >= 15 is 0 Å². The first kappa shape index (κ1) is 13.2. The Morgan fingerprint density at radius 1 is 1.40 bits per heavy atom. The van der Waals surface area contributed by atoms with E-state index in [1.165, 1.54) is 11.2 Å². The normalized spacial score (nSPS) is 28.7. The second-order valence-electron chi connectivity index (χ2n) is 5.72. The zero-order valence-corrected chi connectivity index (χ0v) is 11.8. The number of hydrogen-bond acceptors (Lipinski definition) is 5. The Labute approximate surface area is 117 Å². The number of carbonyl (C=O) groups excluding carboxylic acids is 2. The molecule has 3 aliphatic rings. The van der Waals surface area contributed by atoms with E-state index < -0.39 is 0 Å². The van der Waals surface area contributed by atoms with Gasteiger partial charge in [0.25, 0.3) is 5.91 Å². The van der Waals surface area contributed by atoms with Gasteiger partial charge in [-0.25, -0.2) is 4.98 Å². The van der Waals surface area contributed by atoms with Crippen LogP contribution in [0.15, 0.2) is 6.33 Å². The van der Waals surface area contributed by atoms with Gasteiger partial charge in [-0.2, -0.15) is 0 Å². The summed E-state index contributed by atoms with van der Waals surface area (Å²) < 4.78 is 1.61. The number of fused-ring (bicyclic) bond motifs is 3. The number of ketones is 1. The molecule has 0 N–H and O–H groups in total. The lowest BCUT2D eigenvalue weighted by Crippen LogP contribution is -2.56. The highest BCUT2D eigenvalue weighted by Gasteiger charge is 2.41. The maximum atomic E-state index is 12.3. The molecule has 2 bridgehead atoms. The van der Waals surface area contributed by atoms with Crippen molar-refractivity contribution < 1.29 is 9.59 Å². The number of nitrogens with zero attached hydrogens (tertiary/aromatic N) is 5. The summed E-state index contributed by atoms with van der Waals surface area (Å²) in [4.78, 5) is 31.7. The zero-order valence-electron chi connectivity index (χ0n) is 11.8. The molecule has 4 heterocycles. The molecule has 0 aliphatic carbocycles. The molecule has 3 aliphatic heterocycles. The fraction of sp³-hybridized carbons (Fsp3) is 0.692. The van der Waals surface area contributed by atoms with Crippen LogP contribution >= 0.6 is 0 Å². The Hall–Kier alpha value is -1.76. The van der Waals surface area contributed by atoms with E-state index in [9.17, 15) is 9.59 Å². The fourth-order valence-corrected chi connectivity index (χ4v) is 3.01. The minimum atomic E-state index is -0.222. The third kappa shape index (κ3) is 2.22. The highest BCUT2D eigenvalue weighted by atomic mass is 16.2. The smallest absolute Gasteiger partial charge is 0.293 e. The second kappa shape index (κ2) is 4.97. The molecule has 4 rings (SSSR count). The summed E-state index contributed by atoms with van der Waals surface area (Å²) in [5, 5.41) is 4.18. The second-order valence-corrected chi connectivity index (χ2v) is 5.72. The Kier molecular flexibility index (Phi) is 3.29. The van der Waals surface area contributed by atoms with Crippen LogP contribution in [0.5, 0.6) is 0 Å². The van der Waals surface area contributed by atoms with Gasteiger partial charge in [-0.1, -0.05) is 0 Å². The SMILES string of the molecule is CN(C)C(=O)c1ncn(CC2C(=O)C3CCN2CC3)n1. The molecule has 0 spiro atoms. The summed E-state index contributed by atoms with van der Waals surface area (Å²) in [6.07, 6.45) is 3.50. The van der Waals surface area contributed by atoms with E-state index in [1.54, 1.807) is 18.8 Å². The van der Waals surface area contributed by atoms with Crippen molar-refractivity contribution in [1.29, 1.82) is 0 Å².